The summed E-state index contributed by atoms with van der Waals surface area (Å²) in [5.74, 6) is 0.952. The van der Waals surface area contributed by atoms with Crippen LogP contribution in [0, 0.1) is 0 Å². The number of hydrogen-bond acceptors (Lipinski definition) is 5. The second kappa shape index (κ2) is 4.10. The third-order valence-electron chi connectivity index (χ3n) is 1.67. The fraction of sp³-hybridized carbons (Fsp3) is 0.500. The standard InChI is InChI=1S/C8H13BrN4O/c1-8(2,3-14)13-7-5(9)6(10)11-4-12-7/h4,14H,3H2,1-2H3,(H3,10,11,12,13). The molecule has 0 fully saturated rings. The van der Waals surface area contributed by atoms with Gasteiger partial charge in [0.15, 0.2) is 0 Å². The van der Waals surface area contributed by atoms with Crippen LogP contribution < -0.4 is 11.1 Å². The zero-order valence-electron chi connectivity index (χ0n) is 8.08. The number of nitrogen functional groups attached to an aromatic ring is 1. The summed E-state index contributed by atoms with van der Waals surface area (Å²) in [5, 5.41) is 12.1. The van der Waals surface area contributed by atoms with Gasteiger partial charge >= 0.3 is 0 Å². The maximum absolute atomic E-state index is 9.06. The van der Waals surface area contributed by atoms with Gasteiger partial charge in [-0.3, -0.25) is 0 Å². The highest BCUT2D eigenvalue weighted by Gasteiger charge is 2.18. The van der Waals surface area contributed by atoms with E-state index in [4.69, 9.17) is 10.8 Å². The molecular formula is C8H13BrN4O. The first-order valence-electron chi connectivity index (χ1n) is 4.11. The Kier molecular flexibility index (Phi) is 3.28. The second-order valence-corrected chi connectivity index (χ2v) is 4.38. The lowest BCUT2D eigenvalue weighted by Crippen LogP contribution is -2.35. The molecule has 0 saturated heterocycles. The van der Waals surface area contributed by atoms with E-state index in [0.29, 0.717) is 16.1 Å². The van der Waals surface area contributed by atoms with Gasteiger partial charge in [0.2, 0.25) is 0 Å². The molecule has 0 atom stereocenters. The van der Waals surface area contributed by atoms with Gasteiger partial charge in [-0.25, -0.2) is 9.97 Å². The van der Waals surface area contributed by atoms with Gasteiger partial charge in [-0.2, -0.15) is 0 Å². The summed E-state index contributed by atoms with van der Waals surface area (Å²) in [4.78, 5) is 7.82. The van der Waals surface area contributed by atoms with E-state index in [2.05, 4.69) is 31.2 Å². The number of aromatic nitrogens is 2. The molecule has 0 aliphatic heterocycles. The molecule has 4 N–H and O–H groups in total. The molecule has 0 saturated carbocycles. The van der Waals surface area contributed by atoms with E-state index in [1.54, 1.807) is 0 Å². The zero-order chi connectivity index (χ0) is 10.8. The average Bonchev–Trinajstić information content (AvgIpc) is 2.13. The van der Waals surface area contributed by atoms with E-state index in [-0.39, 0.29) is 6.61 Å². The van der Waals surface area contributed by atoms with Crippen molar-refractivity contribution < 1.29 is 5.11 Å². The molecule has 0 aliphatic carbocycles. The first-order chi connectivity index (χ1) is 6.46. The third kappa shape index (κ3) is 2.55. The number of nitrogens with zero attached hydrogens (tertiary/aromatic N) is 2. The fourth-order valence-corrected chi connectivity index (χ4v) is 1.13. The molecule has 0 spiro atoms. The number of anilines is 2. The van der Waals surface area contributed by atoms with Crippen molar-refractivity contribution in [3.05, 3.63) is 10.8 Å². The van der Waals surface area contributed by atoms with E-state index in [1.807, 2.05) is 13.8 Å². The molecule has 0 amide bonds. The van der Waals surface area contributed by atoms with Crippen molar-refractivity contribution >= 4 is 27.6 Å². The Hall–Kier alpha value is -0.880. The lowest BCUT2D eigenvalue weighted by molar-refractivity contribution is 0.234. The normalized spacial score (nSPS) is 11.4. The molecule has 0 unspecified atom stereocenters. The summed E-state index contributed by atoms with van der Waals surface area (Å²) in [5.41, 5.74) is 5.14. The Morgan fingerprint density at radius 3 is 2.79 bits per heavy atom. The summed E-state index contributed by atoms with van der Waals surface area (Å²) < 4.78 is 0.613. The van der Waals surface area contributed by atoms with Gasteiger partial charge in [0, 0.05) is 0 Å². The first kappa shape index (κ1) is 11.2. The highest BCUT2D eigenvalue weighted by atomic mass is 79.9. The lowest BCUT2D eigenvalue weighted by Gasteiger charge is -2.24. The molecule has 1 aromatic heterocycles. The van der Waals surface area contributed by atoms with Crippen molar-refractivity contribution in [3.63, 3.8) is 0 Å². The molecule has 0 aromatic carbocycles. The van der Waals surface area contributed by atoms with Crippen LogP contribution in [-0.2, 0) is 0 Å². The number of nitrogens with one attached hydrogen (secondary N) is 1. The van der Waals surface area contributed by atoms with Crippen LogP contribution in [0.1, 0.15) is 13.8 Å². The molecule has 5 nitrogen and oxygen atoms in total. The minimum Gasteiger partial charge on any atom is -0.394 e. The monoisotopic (exact) mass is 260 g/mol. The zero-order valence-corrected chi connectivity index (χ0v) is 9.67. The van der Waals surface area contributed by atoms with E-state index in [1.165, 1.54) is 6.33 Å². The molecule has 78 valence electrons. The summed E-state index contributed by atoms with van der Waals surface area (Å²) >= 11 is 3.27. The number of halogens is 1. The molecule has 0 bridgehead atoms. The van der Waals surface area contributed by atoms with Crippen LogP contribution in [0.5, 0.6) is 0 Å². The topological polar surface area (TPSA) is 84.1 Å². The molecule has 0 aliphatic rings. The maximum Gasteiger partial charge on any atom is 0.146 e. The summed E-state index contributed by atoms with van der Waals surface area (Å²) in [6.07, 6.45) is 1.37. The van der Waals surface area contributed by atoms with Gasteiger partial charge in [0.25, 0.3) is 0 Å². The number of rotatable bonds is 3. The van der Waals surface area contributed by atoms with Gasteiger partial charge in [-0.1, -0.05) is 0 Å². The predicted molar refractivity (Wildman–Crippen MR) is 58.9 cm³/mol. The van der Waals surface area contributed by atoms with E-state index in [9.17, 15) is 0 Å². The minimum atomic E-state index is -0.441. The Morgan fingerprint density at radius 1 is 1.57 bits per heavy atom. The molecule has 6 heteroatoms. The van der Waals surface area contributed by atoms with E-state index >= 15 is 0 Å². The third-order valence-corrected chi connectivity index (χ3v) is 2.45. The van der Waals surface area contributed by atoms with E-state index in [0.717, 1.165) is 0 Å². The Bertz CT molecular complexity index is 329. The molecule has 0 radical (unpaired) electrons. The summed E-state index contributed by atoms with van der Waals surface area (Å²) in [6, 6.07) is 0. The maximum atomic E-state index is 9.06. The Balaban J connectivity index is 2.92. The predicted octanol–water partition coefficient (Wildman–Crippen LogP) is 1.00. The van der Waals surface area contributed by atoms with Crippen molar-refractivity contribution in [1.29, 1.82) is 0 Å². The number of aliphatic hydroxyl groups excluding tert-OH is 1. The summed E-state index contributed by atoms with van der Waals surface area (Å²) in [6.45, 7) is 3.72. The number of nitrogens with two attached hydrogens (primary N) is 1. The molecule has 1 aromatic rings. The van der Waals surface area contributed by atoms with Crippen LogP contribution in [0.25, 0.3) is 0 Å². The van der Waals surface area contributed by atoms with Gasteiger partial charge in [0.1, 0.15) is 22.4 Å². The Morgan fingerprint density at radius 2 is 2.21 bits per heavy atom. The average molecular weight is 261 g/mol. The van der Waals surface area contributed by atoms with Gasteiger partial charge in [0.05, 0.1) is 12.1 Å². The molecule has 1 rings (SSSR count). The first-order valence-corrected chi connectivity index (χ1v) is 4.90. The highest BCUT2D eigenvalue weighted by Crippen LogP contribution is 2.26. The number of hydrogen-bond donors (Lipinski definition) is 3. The minimum absolute atomic E-state index is 0.00332. The van der Waals surface area contributed by atoms with Crippen molar-refractivity contribution in [2.45, 2.75) is 19.4 Å². The van der Waals surface area contributed by atoms with Crippen LogP contribution in [0.3, 0.4) is 0 Å². The SMILES string of the molecule is CC(C)(CO)Nc1ncnc(N)c1Br. The quantitative estimate of drug-likeness (QED) is 0.756. The Labute approximate surface area is 90.9 Å². The van der Waals surface area contributed by atoms with Crippen LogP contribution in [0.4, 0.5) is 11.6 Å². The van der Waals surface area contributed by atoms with E-state index < -0.39 is 5.54 Å². The van der Waals surface area contributed by atoms with Crippen molar-refractivity contribution in [2.75, 3.05) is 17.7 Å². The van der Waals surface area contributed by atoms with Crippen molar-refractivity contribution in [1.82, 2.24) is 9.97 Å². The van der Waals surface area contributed by atoms with Crippen molar-refractivity contribution in [3.8, 4) is 0 Å². The van der Waals surface area contributed by atoms with Gasteiger partial charge < -0.3 is 16.2 Å². The number of aliphatic hydroxyl groups is 1. The van der Waals surface area contributed by atoms with Gasteiger partial charge in [-0.15, -0.1) is 0 Å². The van der Waals surface area contributed by atoms with Crippen LogP contribution in [0.15, 0.2) is 10.8 Å². The van der Waals surface area contributed by atoms with Gasteiger partial charge in [-0.05, 0) is 29.8 Å². The van der Waals surface area contributed by atoms with Crippen LogP contribution in [-0.4, -0.2) is 27.2 Å². The smallest absolute Gasteiger partial charge is 0.146 e. The summed E-state index contributed by atoms with van der Waals surface area (Å²) in [7, 11) is 0. The van der Waals surface area contributed by atoms with Crippen molar-refractivity contribution in [2.24, 2.45) is 0 Å². The molecule has 1 heterocycles. The highest BCUT2D eigenvalue weighted by molar-refractivity contribution is 9.10. The van der Waals surface area contributed by atoms with Crippen LogP contribution in [0.2, 0.25) is 0 Å². The molecular weight excluding hydrogens is 248 g/mol. The fourth-order valence-electron chi connectivity index (χ4n) is 0.831. The second-order valence-electron chi connectivity index (χ2n) is 3.59. The van der Waals surface area contributed by atoms with Crippen LogP contribution >= 0.6 is 15.9 Å². The lowest BCUT2D eigenvalue weighted by atomic mass is 10.1. The largest absolute Gasteiger partial charge is 0.394 e. The molecule has 14 heavy (non-hydrogen) atoms.